The summed E-state index contributed by atoms with van der Waals surface area (Å²) < 4.78 is 12.3. The standard InChI is InChI=1S/C21H31N3O3/c1-5-8-10-16(7-3)20(25)24-19(17-11-13-18(26-4)14-12-17)22-21(23-24)27-15-9-6-2/h11-14,16H,5-10,15H2,1-4H3. The van der Waals surface area contributed by atoms with Gasteiger partial charge in [-0.1, -0.05) is 40.0 Å². The molecule has 1 atom stereocenters. The molecule has 0 aliphatic heterocycles. The minimum absolute atomic E-state index is 0.0189. The second-order valence-corrected chi connectivity index (χ2v) is 6.65. The van der Waals surface area contributed by atoms with Gasteiger partial charge < -0.3 is 9.47 Å². The van der Waals surface area contributed by atoms with E-state index in [0.29, 0.717) is 12.4 Å². The summed E-state index contributed by atoms with van der Waals surface area (Å²) in [6.45, 7) is 6.82. The van der Waals surface area contributed by atoms with Crippen molar-refractivity contribution in [1.82, 2.24) is 14.8 Å². The Morgan fingerprint density at radius 2 is 1.81 bits per heavy atom. The van der Waals surface area contributed by atoms with E-state index in [1.165, 1.54) is 4.68 Å². The van der Waals surface area contributed by atoms with Crippen LogP contribution in [0, 0.1) is 5.92 Å². The van der Waals surface area contributed by atoms with Crippen molar-refractivity contribution in [3.63, 3.8) is 0 Å². The van der Waals surface area contributed by atoms with Crippen LogP contribution in [0.3, 0.4) is 0 Å². The molecule has 0 bridgehead atoms. The van der Waals surface area contributed by atoms with Gasteiger partial charge in [0, 0.05) is 11.5 Å². The lowest BCUT2D eigenvalue weighted by Gasteiger charge is -2.14. The van der Waals surface area contributed by atoms with Gasteiger partial charge in [-0.2, -0.15) is 9.67 Å². The van der Waals surface area contributed by atoms with Gasteiger partial charge >= 0.3 is 6.01 Å². The molecule has 2 rings (SSSR count). The topological polar surface area (TPSA) is 66.2 Å². The molecule has 1 heterocycles. The van der Waals surface area contributed by atoms with Crippen LogP contribution < -0.4 is 9.47 Å². The number of carbonyl (C=O) groups excluding carboxylic acids is 1. The maximum atomic E-state index is 13.1. The molecule has 148 valence electrons. The van der Waals surface area contributed by atoms with E-state index in [-0.39, 0.29) is 17.8 Å². The first-order chi connectivity index (χ1) is 13.1. The Morgan fingerprint density at radius 3 is 2.41 bits per heavy atom. The molecule has 6 nitrogen and oxygen atoms in total. The number of hydrogen-bond acceptors (Lipinski definition) is 5. The molecule has 1 aromatic carbocycles. The van der Waals surface area contributed by atoms with E-state index in [9.17, 15) is 4.79 Å². The summed E-state index contributed by atoms with van der Waals surface area (Å²) in [6.07, 6.45) is 5.69. The number of nitrogens with zero attached hydrogens (tertiary/aromatic N) is 3. The van der Waals surface area contributed by atoms with Crippen LogP contribution in [-0.4, -0.2) is 34.4 Å². The lowest BCUT2D eigenvalue weighted by Crippen LogP contribution is -2.23. The van der Waals surface area contributed by atoms with Gasteiger partial charge in [0.05, 0.1) is 13.7 Å². The Kier molecular flexibility index (Phi) is 8.30. The summed E-state index contributed by atoms with van der Waals surface area (Å²) >= 11 is 0. The zero-order valence-electron chi connectivity index (χ0n) is 16.9. The minimum atomic E-state index is -0.0628. The van der Waals surface area contributed by atoms with E-state index < -0.39 is 0 Å². The maximum absolute atomic E-state index is 13.1. The minimum Gasteiger partial charge on any atom is -0.497 e. The van der Waals surface area contributed by atoms with Crippen LogP contribution >= 0.6 is 0 Å². The predicted octanol–water partition coefficient (Wildman–Crippen LogP) is 4.99. The summed E-state index contributed by atoms with van der Waals surface area (Å²) in [6, 6.07) is 7.73. The van der Waals surface area contributed by atoms with Gasteiger partial charge in [-0.3, -0.25) is 4.79 Å². The molecular formula is C21H31N3O3. The second kappa shape index (κ2) is 10.7. The zero-order valence-corrected chi connectivity index (χ0v) is 16.9. The molecule has 0 amide bonds. The molecule has 1 unspecified atom stereocenters. The number of carbonyl (C=O) groups is 1. The quantitative estimate of drug-likeness (QED) is 0.519. The van der Waals surface area contributed by atoms with Crippen molar-refractivity contribution >= 4 is 5.91 Å². The van der Waals surface area contributed by atoms with Gasteiger partial charge in [0.2, 0.25) is 0 Å². The number of hydrogen-bond donors (Lipinski definition) is 0. The second-order valence-electron chi connectivity index (χ2n) is 6.65. The molecule has 0 fully saturated rings. The third-order valence-electron chi connectivity index (χ3n) is 4.62. The number of benzene rings is 1. The fraction of sp³-hybridized carbons (Fsp3) is 0.571. The first-order valence-electron chi connectivity index (χ1n) is 9.93. The van der Waals surface area contributed by atoms with E-state index >= 15 is 0 Å². The first kappa shape index (κ1) is 20.9. The Labute approximate surface area is 161 Å². The van der Waals surface area contributed by atoms with E-state index in [2.05, 4.69) is 23.9 Å². The Balaban J connectivity index is 2.35. The monoisotopic (exact) mass is 373 g/mol. The fourth-order valence-corrected chi connectivity index (χ4v) is 2.87. The molecular weight excluding hydrogens is 342 g/mol. The number of unbranched alkanes of at least 4 members (excludes halogenated alkanes) is 2. The molecule has 0 N–H and O–H groups in total. The SMILES string of the molecule is CCCCOc1nc(-c2ccc(OC)cc2)n(C(=O)C(CC)CCCC)n1. The van der Waals surface area contributed by atoms with Crippen LogP contribution in [-0.2, 0) is 0 Å². The molecule has 27 heavy (non-hydrogen) atoms. The first-order valence-corrected chi connectivity index (χ1v) is 9.93. The van der Waals surface area contributed by atoms with Crippen LogP contribution in [0.5, 0.6) is 11.8 Å². The van der Waals surface area contributed by atoms with E-state index in [1.54, 1.807) is 7.11 Å². The van der Waals surface area contributed by atoms with Crippen molar-refractivity contribution in [2.24, 2.45) is 5.92 Å². The van der Waals surface area contributed by atoms with Gasteiger partial charge in [0.25, 0.3) is 5.91 Å². The molecule has 0 saturated heterocycles. The average molecular weight is 373 g/mol. The van der Waals surface area contributed by atoms with E-state index in [1.807, 2.05) is 31.2 Å². The highest BCUT2D eigenvalue weighted by Crippen LogP contribution is 2.25. The summed E-state index contributed by atoms with van der Waals surface area (Å²) in [4.78, 5) is 17.6. The highest BCUT2D eigenvalue weighted by molar-refractivity contribution is 5.84. The molecule has 0 saturated carbocycles. The largest absolute Gasteiger partial charge is 0.497 e. The lowest BCUT2D eigenvalue weighted by atomic mass is 9.98. The lowest BCUT2D eigenvalue weighted by molar-refractivity contribution is 0.0804. The van der Waals surface area contributed by atoms with Gasteiger partial charge in [0.1, 0.15) is 5.75 Å². The van der Waals surface area contributed by atoms with Crippen molar-refractivity contribution in [2.75, 3.05) is 13.7 Å². The van der Waals surface area contributed by atoms with Gasteiger partial charge in [-0.15, -0.1) is 5.10 Å². The Hall–Kier alpha value is -2.37. The smallest absolute Gasteiger partial charge is 0.336 e. The van der Waals surface area contributed by atoms with Crippen molar-refractivity contribution in [3.05, 3.63) is 24.3 Å². The van der Waals surface area contributed by atoms with E-state index in [4.69, 9.17) is 9.47 Å². The Morgan fingerprint density at radius 1 is 1.11 bits per heavy atom. The summed E-state index contributed by atoms with van der Waals surface area (Å²) in [5.74, 6) is 1.19. The average Bonchev–Trinajstić information content (AvgIpc) is 3.13. The van der Waals surface area contributed by atoms with Crippen LogP contribution in [0.1, 0.15) is 64.1 Å². The highest BCUT2D eigenvalue weighted by Gasteiger charge is 2.24. The van der Waals surface area contributed by atoms with Gasteiger partial charge in [0.15, 0.2) is 5.82 Å². The molecule has 2 aromatic rings. The maximum Gasteiger partial charge on any atom is 0.336 e. The van der Waals surface area contributed by atoms with Crippen LogP contribution in [0.4, 0.5) is 0 Å². The van der Waals surface area contributed by atoms with Gasteiger partial charge in [-0.05, 0) is 43.5 Å². The van der Waals surface area contributed by atoms with E-state index in [0.717, 1.165) is 49.8 Å². The Bertz CT molecular complexity index is 710. The number of rotatable bonds is 11. The predicted molar refractivity (Wildman–Crippen MR) is 106 cm³/mol. The van der Waals surface area contributed by atoms with Crippen molar-refractivity contribution < 1.29 is 14.3 Å². The highest BCUT2D eigenvalue weighted by atomic mass is 16.5. The third kappa shape index (κ3) is 5.55. The number of methoxy groups -OCH3 is 1. The zero-order chi connectivity index (χ0) is 19.6. The molecule has 0 aliphatic rings. The van der Waals surface area contributed by atoms with Crippen LogP contribution in [0.25, 0.3) is 11.4 Å². The van der Waals surface area contributed by atoms with Crippen molar-refractivity contribution in [3.8, 4) is 23.1 Å². The molecule has 0 aliphatic carbocycles. The van der Waals surface area contributed by atoms with Crippen LogP contribution in [0.2, 0.25) is 0 Å². The van der Waals surface area contributed by atoms with Gasteiger partial charge in [-0.25, -0.2) is 0 Å². The number of ether oxygens (including phenoxy) is 2. The summed E-state index contributed by atoms with van der Waals surface area (Å²) in [5, 5.41) is 4.38. The third-order valence-corrected chi connectivity index (χ3v) is 4.62. The molecule has 6 heteroatoms. The van der Waals surface area contributed by atoms with Crippen molar-refractivity contribution in [2.45, 2.75) is 59.3 Å². The molecule has 0 radical (unpaired) electrons. The molecule has 0 spiro atoms. The van der Waals surface area contributed by atoms with Crippen LogP contribution in [0.15, 0.2) is 24.3 Å². The normalized spacial score (nSPS) is 12.0. The fourth-order valence-electron chi connectivity index (χ4n) is 2.87. The summed E-state index contributed by atoms with van der Waals surface area (Å²) in [7, 11) is 1.63. The molecule has 1 aromatic heterocycles. The van der Waals surface area contributed by atoms with Crippen molar-refractivity contribution in [1.29, 1.82) is 0 Å². The number of aromatic nitrogens is 3. The summed E-state index contributed by atoms with van der Waals surface area (Å²) in [5.41, 5.74) is 0.812.